The Labute approximate surface area is 99.3 Å². The van der Waals surface area contributed by atoms with E-state index in [-0.39, 0.29) is 5.02 Å². The van der Waals surface area contributed by atoms with E-state index < -0.39 is 11.7 Å². The summed E-state index contributed by atoms with van der Waals surface area (Å²) in [7, 11) is 0. The van der Waals surface area contributed by atoms with Crippen LogP contribution in [0.4, 0.5) is 13.2 Å². The fraction of sp³-hybridized carbons (Fsp3) is 0.0909. The maximum absolute atomic E-state index is 12.4. The molecule has 0 atom stereocenters. The summed E-state index contributed by atoms with van der Waals surface area (Å²) >= 11 is 7.07. The molecule has 1 heterocycles. The summed E-state index contributed by atoms with van der Waals surface area (Å²) in [6.07, 6.45) is -4.40. The summed E-state index contributed by atoms with van der Waals surface area (Å²) in [6.45, 7) is 0. The Kier molecular flexibility index (Phi) is 2.95. The van der Waals surface area contributed by atoms with Crippen LogP contribution in [0.5, 0.6) is 0 Å². The summed E-state index contributed by atoms with van der Waals surface area (Å²) < 4.78 is 37.3. The molecule has 2 aromatic rings. The molecule has 0 bridgehead atoms. The molecule has 2 rings (SSSR count). The monoisotopic (exact) mass is 262 g/mol. The second-order valence-corrected chi connectivity index (χ2v) is 4.52. The highest BCUT2D eigenvalue weighted by Crippen LogP contribution is 2.37. The van der Waals surface area contributed by atoms with Crippen molar-refractivity contribution in [3.05, 3.63) is 46.3 Å². The first-order valence-electron chi connectivity index (χ1n) is 4.39. The van der Waals surface area contributed by atoms with Crippen LogP contribution in [0, 0.1) is 0 Å². The maximum Gasteiger partial charge on any atom is 0.417 e. The average molecular weight is 263 g/mol. The lowest BCUT2D eigenvalue weighted by molar-refractivity contribution is -0.137. The van der Waals surface area contributed by atoms with Gasteiger partial charge in [0.05, 0.1) is 10.6 Å². The van der Waals surface area contributed by atoms with Gasteiger partial charge in [-0.3, -0.25) is 0 Å². The highest BCUT2D eigenvalue weighted by Gasteiger charge is 2.33. The standard InChI is InChI=1S/C11H6ClF3S/c12-9-6-7(10-2-1-5-16-10)3-4-8(9)11(13,14)15/h1-6H. The molecule has 0 saturated carbocycles. The molecule has 0 radical (unpaired) electrons. The summed E-state index contributed by atoms with van der Waals surface area (Å²) in [5.74, 6) is 0. The summed E-state index contributed by atoms with van der Waals surface area (Å²) in [4.78, 5) is 0.899. The average Bonchev–Trinajstić information content (AvgIpc) is 2.68. The molecule has 1 aromatic heterocycles. The van der Waals surface area contributed by atoms with E-state index in [1.807, 2.05) is 17.5 Å². The molecule has 0 fully saturated rings. The first-order valence-corrected chi connectivity index (χ1v) is 5.65. The number of rotatable bonds is 1. The lowest BCUT2D eigenvalue weighted by atomic mass is 10.1. The number of thiophene rings is 1. The third-order valence-corrected chi connectivity index (χ3v) is 3.31. The molecule has 0 aliphatic carbocycles. The number of alkyl halides is 3. The van der Waals surface area contributed by atoms with Gasteiger partial charge in [0.25, 0.3) is 0 Å². The van der Waals surface area contributed by atoms with Crippen LogP contribution in [0.15, 0.2) is 35.7 Å². The van der Waals surface area contributed by atoms with Gasteiger partial charge < -0.3 is 0 Å². The lowest BCUT2D eigenvalue weighted by Gasteiger charge is -2.09. The molecule has 1 aromatic carbocycles. The molecule has 16 heavy (non-hydrogen) atoms. The molecular weight excluding hydrogens is 257 g/mol. The van der Waals surface area contributed by atoms with Gasteiger partial charge >= 0.3 is 6.18 Å². The second-order valence-electron chi connectivity index (χ2n) is 3.17. The van der Waals surface area contributed by atoms with Crippen molar-refractivity contribution in [3.63, 3.8) is 0 Å². The van der Waals surface area contributed by atoms with Crippen molar-refractivity contribution in [2.75, 3.05) is 0 Å². The highest BCUT2D eigenvalue weighted by molar-refractivity contribution is 7.13. The topological polar surface area (TPSA) is 0 Å². The Morgan fingerprint density at radius 1 is 1.12 bits per heavy atom. The number of hydrogen-bond acceptors (Lipinski definition) is 1. The zero-order chi connectivity index (χ0) is 11.8. The molecule has 0 aliphatic rings. The quantitative estimate of drug-likeness (QED) is 0.672. The van der Waals surface area contributed by atoms with Crippen molar-refractivity contribution in [1.82, 2.24) is 0 Å². The van der Waals surface area contributed by atoms with E-state index in [1.54, 1.807) is 0 Å². The van der Waals surface area contributed by atoms with Gasteiger partial charge in [0.2, 0.25) is 0 Å². The SMILES string of the molecule is FC(F)(F)c1ccc(-c2cccs2)cc1Cl. The first kappa shape index (κ1) is 11.5. The molecule has 0 nitrogen and oxygen atoms in total. The van der Waals surface area contributed by atoms with Gasteiger partial charge in [-0.1, -0.05) is 23.7 Å². The predicted molar refractivity (Wildman–Crippen MR) is 59.8 cm³/mol. The third kappa shape index (κ3) is 2.23. The summed E-state index contributed by atoms with van der Waals surface area (Å²) in [5, 5.41) is 1.60. The van der Waals surface area contributed by atoms with Crippen molar-refractivity contribution in [1.29, 1.82) is 0 Å². The van der Waals surface area contributed by atoms with Gasteiger partial charge in [-0.2, -0.15) is 13.2 Å². The minimum atomic E-state index is -4.40. The lowest BCUT2D eigenvalue weighted by Crippen LogP contribution is -2.05. The Morgan fingerprint density at radius 3 is 2.38 bits per heavy atom. The third-order valence-electron chi connectivity index (χ3n) is 2.08. The molecule has 84 valence electrons. The van der Waals surface area contributed by atoms with Crippen LogP contribution in [0.3, 0.4) is 0 Å². The second kappa shape index (κ2) is 4.11. The minimum absolute atomic E-state index is 0.265. The summed E-state index contributed by atoms with van der Waals surface area (Å²) in [6, 6.07) is 7.46. The zero-order valence-electron chi connectivity index (χ0n) is 7.88. The molecular formula is C11H6ClF3S. The first-order chi connectivity index (χ1) is 7.48. The van der Waals surface area contributed by atoms with Crippen molar-refractivity contribution in [2.24, 2.45) is 0 Å². The van der Waals surface area contributed by atoms with E-state index in [9.17, 15) is 13.2 Å². The fourth-order valence-corrected chi connectivity index (χ4v) is 2.35. The highest BCUT2D eigenvalue weighted by atomic mass is 35.5. The van der Waals surface area contributed by atoms with Gasteiger partial charge in [-0.25, -0.2) is 0 Å². The van der Waals surface area contributed by atoms with E-state index in [0.29, 0.717) is 5.56 Å². The molecule has 0 saturated heterocycles. The van der Waals surface area contributed by atoms with Crippen molar-refractivity contribution in [2.45, 2.75) is 6.18 Å². The Hall–Kier alpha value is -1.00. The predicted octanol–water partition coefficient (Wildman–Crippen LogP) is 5.09. The van der Waals surface area contributed by atoms with Crippen molar-refractivity contribution in [3.8, 4) is 10.4 Å². The van der Waals surface area contributed by atoms with E-state index in [4.69, 9.17) is 11.6 Å². The Morgan fingerprint density at radius 2 is 1.88 bits per heavy atom. The normalized spacial score (nSPS) is 11.8. The Bertz CT molecular complexity index is 488. The molecule has 0 aliphatic heterocycles. The van der Waals surface area contributed by atoms with Crippen LogP contribution in [0.1, 0.15) is 5.56 Å². The van der Waals surface area contributed by atoms with E-state index in [1.165, 1.54) is 23.5 Å². The zero-order valence-corrected chi connectivity index (χ0v) is 9.46. The van der Waals surface area contributed by atoms with Gasteiger partial charge in [0.15, 0.2) is 0 Å². The molecule has 0 spiro atoms. The van der Waals surface area contributed by atoms with Crippen LogP contribution in [-0.4, -0.2) is 0 Å². The van der Waals surface area contributed by atoms with Crippen LogP contribution >= 0.6 is 22.9 Å². The number of benzene rings is 1. The number of halogens is 4. The number of hydrogen-bond donors (Lipinski definition) is 0. The van der Waals surface area contributed by atoms with Crippen LogP contribution in [0.25, 0.3) is 10.4 Å². The Balaban J connectivity index is 2.45. The minimum Gasteiger partial charge on any atom is -0.166 e. The molecule has 0 amide bonds. The van der Waals surface area contributed by atoms with Crippen molar-refractivity contribution < 1.29 is 13.2 Å². The maximum atomic E-state index is 12.4. The van der Waals surface area contributed by atoms with Crippen LogP contribution < -0.4 is 0 Å². The fourth-order valence-electron chi connectivity index (χ4n) is 1.34. The van der Waals surface area contributed by atoms with E-state index >= 15 is 0 Å². The smallest absolute Gasteiger partial charge is 0.166 e. The van der Waals surface area contributed by atoms with E-state index in [0.717, 1.165) is 10.9 Å². The van der Waals surface area contributed by atoms with Crippen LogP contribution in [-0.2, 0) is 6.18 Å². The largest absolute Gasteiger partial charge is 0.417 e. The molecule has 0 unspecified atom stereocenters. The van der Waals surface area contributed by atoms with Crippen LogP contribution in [0.2, 0.25) is 5.02 Å². The van der Waals surface area contributed by atoms with Gasteiger partial charge in [0, 0.05) is 4.88 Å². The van der Waals surface area contributed by atoms with Crippen molar-refractivity contribution >= 4 is 22.9 Å². The van der Waals surface area contributed by atoms with Gasteiger partial charge in [-0.05, 0) is 29.1 Å². The van der Waals surface area contributed by atoms with E-state index in [2.05, 4.69) is 0 Å². The molecule has 5 heteroatoms. The van der Waals surface area contributed by atoms with Gasteiger partial charge in [0.1, 0.15) is 0 Å². The molecule has 0 N–H and O–H groups in total. The summed E-state index contributed by atoms with van der Waals surface area (Å²) in [5.41, 5.74) is -0.0949. The van der Waals surface area contributed by atoms with Gasteiger partial charge in [-0.15, -0.1) is 11.3 Å².